The summed E-state index contributed by atoms with van der Waals surface area (Å²) in [6.07, 6.45) is 0.913. The Bertz CT molecular complexity index is 536. The molecule has 1 fully saturated rings. The first-order valence-corrected chi connectivity index (χ1v) is 6.59. The highest BCUT2D eigenvalue weighted by atomic mass is 35.5. The SMILES string of the molecule is Cl.N[C@H]1CCN(C(=O)c2cc3ccccc3s2)C1. The predicted molar refractivity (Wildman–Crippen MR) is 77.6 cm³/mol. The molecule has 0 radical (unpaired) electrons. The molecule has 2 aromatic rings. The fraction of sp³-hybridized carbons (Fsp3) is 0.308. The second-order valence-electron chi connectivity index (χ2n) is 4.45. The number of carbonyl (C=O) groups excluding carboxylic acids is 1. The molecule has 18 heavy (non-hydrogen) atoms. The van der Waals surface area contributed by atoms with Crippen LogP contribution in [0.5, 0.6) is 0 Å². The van der Waals surface area contributed by atoms with Crippen LogP contribution in [-0.2, 0) is 0 Å². The fourth-order valence-electron chi connectivity index (χ4n) is 2.21. The molecule has 1 amide bonds. The summed E-state index contributed by atoms with van der Waals surface area (Å²) in [4.78, 5) is 14.9. The molecule has 5 heteroatoms. The van der Waals surface area contributed by atoms with Crippen LogP contribution in [0, 0.1) is 0 Å². The highest BCUT2D eigenvalue weighted by Gasteiger charge is 2.25. The molecule has 1 saturated heterocycles. The molecule has 1 atom stereocenters. The third kappa shape index (κ3) is 2.36. The first kappa shape index (κ1) is 13.3. The second-order valence-corrected chi connectivity index (χ2v) is 5.53. The van der Waals surface area contributed by atoms with Gasteiger partial charge in [0.15, 0.2) is 0 Å². The van der Waals surface area contributed by atoms with E-state index in [-0.39, 0.29) is 24.4 Å². The van der Waals surface area contributed by atoms with Crippen LogP contribution in [-0.4, -0.2) is 29.9 Å². The third-order valence-corrected chi connectivity index (χ3v) is 4.25. The van der Waals surface area contributed by atoms with Crippen LogP contribution >= 0.6 is 23.7 Å². The van der Waals surface area contributed by atoms with Crippen molar-refractivity contribution in [1.29, 1.82) is 0 Å². The van der Waals surface area contributed by atoms with Crippen molar-refractivity contribution in [3.05, 3.63) is 35.2 Å². The van der Waals surface area contributed by atoms with Gasteiger partial charge in [-0.3, -0.25) is 4.79 Å². The normalized spacial score (nSPS) is 18.9. The van der Waals surface area contributed by atoms with Crippen LogP contribution in [0.15, 0.2) is 30.3 Å². The van der Waals surface area contributed by atoms with Crippen molar-refractivity contribution < 1.29 is 4.79 Å². The van der Waals surface area contributed by atoms with E-state index < -0.39 is 0 Å². The number of fused-ring (bicyclic) bond motifs is 1. The van der Waals surface area contributed by atoms with Crippen molar-refractivity contribution >= 4 is 39.7 Å². The van der Waals surface area contributed by atoms with Crippen LogP contribution in [0.3, 0.4) is 0 Å². The molecule has 2 heterocycles. The summed E-state index contributed by atoms with van der Waals surface area (Å²) in [5.74, 6) is 0.124. The van der Waals surface area contributed by atoms with Gasteiger partial charge in [-0.15, -0.1) is 23.7 Å². The summed E-state index contributed by atoms with van der Waals surface area (Å²) in [5, 5.41) is 1.14. The number of nitrogens with zero attached hydrogens (tertiary/aromatic N) is 1. The standard InChI is InChI=1S/C13H14N2OS.ClH/c14-10-5-6-15(8-10)13(16)12-7-9-3-1-2-4-11(9)17-12;/h1-4,7,10H,5-6,8,14H2;1H/t10-;/m0./s1. The van der Waals surface area contributed by atoms with Gasteiger partial charge in [0, 0.05) is 23.8 Å². The maximum Gasteiger partial charge on any atom is 0.264 e. The molecule has 1 aliphatic heterocycles. The first-order chi connectivity index (χ1) is 8.24. The van der Waals surface area contributed by atoms with Crippen molar-refractivity contribution in [2.24, 2.45) is 5.73 Å². The Hall–Kier alpha value is -1.10. The van der Waals surface area contributed by atoms with E-state index in [4.69, 9.17) is 5.73 Å². The molecule has 0 saturated carbocycles. The predicted octanol–water partition coefficient (Wildman–Crippen LogP) is 2.50. The highest BCUT2D eigenvalue weighted by Crippen LogP contribution is 2.27. The lowest BCUT2D eigenvalue weighted by atomic mass is 10.2. The number of thiophene rings is 1. The van der Waals surface area contributed by atoms with Crippen molar-refractivity contribution in [2.75, 3.05) is 13.1 Å². The van der Waals surface area contributed by atoms with E-state index in [1.807, 2.05) is 35.2 Å². The van der Waals surface area contributed by atoms with Gasteiger partial charge in [0.2, 0.25) is 0 Å². The van der Waals surface area contributed by atoms with Crippen LogP contribution in [0.4, 0.5) is 0 Å². The summed E-state index contributed by atoms with van der Waals surface area (Å²) in [7, 11) is 0. The van der Waals surface area contributed by atoms with Crippen LogP contribution in [0.25, 0.3) is 10.1 Å². The molecule has 1 aliphatic rings. The smallest absolute Gasteiger partial charge is 0.264 e. The lowest BCUT2D eigenvalue weighted by Gasteiger charge is -2.13. The van der Waals surface area contributed by atoms with Gasteiger partial charge < -0.3 is 10.6 Å². The first-order valence-electron chi connectivity index (χ1n) is 5.77. The fourth-order valence-corrected chi connectivity index (χ4v) is 3.25. The highest BCUT2D eigenvalue weighted by molar-refractivity contribution is 7.20. The molecule has 96 valence electrons. The molecule has 0 bridgehead atoms. The average Bonchev–Trinajstić information content (AvgIpc) is 2.93. The maximum atomic E-state index is 12.2. The Morgan fingerprint density at radius 1 is 1.39 bits per heavy atom. The zero-order valence-electron chi connectivity index (χ0n) is 9.83. The van der Waals surface area contributed by atoms with Gasteiger partial charge in [0.25, 0.3) is 5.91 Å². The maximum absolute atomic E-state index is 12.2. The number of halogens is 1. The summed E-state index contributed by atoms with van der Waals surface area (Å²) in [5.41, 5.74) is 5.83. The quantitative estimate of drug-likeness (QED) is 0.873. The summed E-state index contributed by atoms with van der Waals surface area (Å²) < 4.78 is 1.17. The molecule has 1 aromatic carbocycles. The number of benzene rings is 1. The summed E-state index contributed by atoms with van der Waals surface area (Å²) in [6, 6.07) is 10.2. The number of amides is 1. The van der Waals surface area contributed by atoms with Gasteiger partial charge >= 0.3 is 0 Å². The van der Waals surface area contributed by atoms with Gasteiger partial charge in [-0.05, 0) is 23.9 Å². The van der Waals surface area contributed by atoms with E-state index in [9.17, 15) is 4.79 Å². The number of hydrogen-bond acceptors (Lipinski definition) is 3. The van der Waals surface area contributed by atoms with Crippen molar-refractivity contribution in [3.63, 3.8) is 0 Å². The van der Waals surface area contributed by atoms with Gasteiger partial charge in [-0.2, -0.15) is 0 Å². The molecule has 3 rings (SSSR count). The Balaban J connectivity index is 0.00000120. The number of likely N-dealkylation sites (tertiary alicyclic amines) is 1. The molecule has 0 aliphatic carbocycles. The Kier molecular flexibility index (Phi) is 3.90. The Morgan fingerprint density at radius 3 is 2.83 bits per heavy atom. The molecule has 1 aromatic heterocycles. The zero-order valence-corrected chi connectivity index (χ0v) is 11.5. The van der Waals surface area contributed by atoms with Crippen LogP contribution in [0.2, 0.25) is 0 Å². The van der Waals surface area contributed by atoms with Gasteiger partial charge in [-0.25, -0.2) is 0 Å². The topological polar surface area (TPSA) is 46.3 Å². The largest absolute Gasteiger partial charge is 0.336 e. The zero-order chi connectivity index (χ0) is 11.8. The molecule has 0 spiro atoms. The monoisotopic (exact) mass is 282 g/mol. The lowest BCUT2D eigenvalue weighted by molar-refractivity contribution is 0.0795. The van der Waals surface area contributed by atoms with E-state index in [0.29, 0.717) is 6.54 Å². The van der Waals surface area contributed by atoms with Crippen LogP contribution in [0.1, 0.15) is 16.1 Å². The van der Waals surface area contributed by atoms with E-state index in [0.717, 1.165) is 23.2 Å². The average molecular weight is 283 g/mol. The minimum Gasteiger partial charge on any atom is -0.336 e. The number of rotatable bonds is 1. The molecule has 2 N–H and O–H groups in total. The van der Waals surface area contributed by atoms with E-state index in [1.165, 1.54) is 4.70 Å². The van der Waals surface area contributed by atoms with Gasteiger partial charge in [0.1, 0.15) is 0 Å². The summed E-state index contributed by atoms with van der Waals surface area (Å²) in [6.45, 7) is 1.47. The van der Waals surface area contributed by atoms with E-state index in [2.05, 4.69) is 0 Å². The minimum atomic E-state index is 0. The Morgan fingerprint density at radius 2 is 2.17 bits per heavy atom. The van der Waals surface area contributed by atoms with Crippen molar-refractivity contribution in [2.45, 2.75) is 12.5 Å². The second kappa shape index (κ2) is 5.26. The van der Waals surface area contributed by atoms with Crippen molar-refractivity contribution in [1.82, 2.24) is 4.90 Å². The summed E-state index contributed by atoms with van der Waals surface area (Å²) >= 11 is 1.56. The van der Waals surface area contributed by atoms with Crippen LogP contribution < -0.4 is 5.73 Å². The molecular formula is C13H15ClN2OS. The lowest BCUT2D eigenvalue weighted by Crippen LogP contribution is -2.31. The number of carbonyl (C=O) groups is 1. The number of hydrogen-bond donors (Lipinski definition) is 1. The van der Waals surface area contributed by atoms with E-state index >= 15 is 0 Å². The minimum absolute atomic E-state index is 0. The van der Waals surface area contributed by atoms with E-state index in [1.54, 1.807) is 11.3 Å². The molecule has 3 nitrogen and oxygen atoms in total. The molecular weight excluding hydrogens is 268 g/mol. The van der Waals surface area contributed by atoms with Gasteiger partial charge in [0.05, 0.1) is 4.88 Å². The molecule has 0 unspecified atom stereocenters. The number of nitrogens with two attached hydrogens (primary N) is 1. The third-order valence-electron chi connectivity index (χ3n) is 3.15. The van der Waals surface area contributed by atoms with Crippen molar-refractivity contribution in [3.8, 4) is 0 Å². The van der Waals surface area contributed by atoms with Gasteiger partial charge in [-0.1, -0.05) is 18.2 Å². The Labute approximate surface area is 116 Å².